The van der Waals surface area contributed by atoms with Crippen molar-refractivity contribution in [2.45, 2.75) is 6.17 Å². The van der Waals surface area contributed by atoms with Crippen LogP contribution in [0, 0.1) is 0 Å². The quantitative estimate of drug-likeness (QED) is 0.450. The summed E-state index contributed by atoms with van der Waals surface area (Å²) >= 11 is 0. The van der Waals surface area contributed by atoms with Crippen LogP contribution in [0.2, 0.25) is 0 Å². The van der Waals surface area contributed by atoms with Gasteiger partial charge >= 0.3 is 0 Å². The number of sulfonamides is 1. The van der Waals surface area contributed by atoms with Crippen molar-refractivity contribution in [3.05, 3.63) is 0 Å². The minimum atomic E-state index is -4.02. The molecule has 98 valence electrons. The van der Waals surface area contributed by atoms with Crippen LogP contribution in [-0.2, 0) is 29.4 Å². The molecule has 1 fully saturated rings. The molecule has 1 aliphatic rings. The number of isocyanates is 1. The number of nitrogens with zero attached hydrogens (tertiary/aromatic N) is 2. The maximum atomic E-state index is 11.8. The van der Waals surface area contributed by atoms with E-state index in [4.69, 9.17) is 4.74 Å². The zero-order valence-corrected chi connectivity index (χ0v) is 10.7. The summed E-state index contributed by atoms with van der Waals surface area (Å²) in [5.41, 5.74) is 0. The second-order valence-corrected chi connectivity index (χ2v) is 7.97. The normalized spacial score (nSPS) is 23.0. The molecule has 1 aliphatic heterocycles. The van der Waals surface area contributed by atoms with Crippen molar-refractivity contribution in [3.8, 4) is 0 Å². The van der Waals surface area contributed by atoms with E-state index in [1.807, 2.05) is 0 Å². The first-order valence-electron chi connectivity index (χ1n) is 4.58. The fraction of sp³-hybridized carbons (Fsp3) is 0.857. The molecule has 1 atom stereocenters. The Balaban J connectivity index is 2.99. The third-order valence-corrected chi connectivity index (χ3v) is 6.02. The van der Waals surface area contributed by atoms with Crippen LogP contribution in [0.5, 0.6) is 0 Å². The molecule has 0 spiro atoms. The Morgan fingerprint density at radius 3 is 2.59 bits per heavy atom. The summed E-state index contributed by atoms with van der Waals surface area (Å²) in [6.45, 7) is 0.0137. The Hall–Kier alpha value is -0.800. The van der Waals surface area contributed by atoms with Gasteiger partial charge in [0.05, 0.1) is 13.2 Å². The van der Waals surface area contributed by atoms with Crippen molar-refractivity contribution in [1.29, 1.82) is 0 Å². The Labute approximate surface area is 99.2 Å². The molecule has 0 amide bonds. The minimum absolute atomic E-state index is 0.0340. The zero-order valence-electron chi connectivity index (χ0n) is 9.07. The lowest BCUT2D eigenvalue weighted by Gasteiger charge is -2.30. The number of hydrogen-bond donors (Lipinski definition) is 0. The summed E-state index contributed by atoms with van der Waals surface area (Å²) in [6.07, 6.45) is 1.03. The van der Waals surface area contributed by atoms with Crippen molar-refractivity contribution >= 4 is 25.9 Å². The van der Waals surface area contributed by atoms with Crippen LogP contribution in [0.15, 0.2) is 4.99 Å². The van der Waals surface area contributed by atoms with E-state index in [2.05, 4.69) is 4.99 Å². The minimum Gasteiger partial charge on any atom is -0.376 e. The molecule has 17 heavy (non-hydrogen) atoms. The van der Waals surface area contributed by atoms with E-state index in [1.165, 1.54) is 6.08 Å². The third kappa shape index (κ3) is 4.17. The molecule has 0 saturated carbocycles. The second kappa shape index (κ2) is 5.23. The number of carbonyl (C=O) groups excluding carboxylic acids is 1. The number of morpholine rings is 1. The first-order valence-corrected chi connectivity index (χ1v) is 8.25. The van der Waals surface area contributed by atoms with Gasteiger partial charge in [-0.3, -0.25) is 0 Å². The highest BCUT2D eigenvalue weighted by atomic mass is 32.3. The van der Waals surface area contributed by atoms with Crippen LogP contribution in [0.3, 0.4) is 0 Å². The maximum Gasteiger partial charge on any atom is 0.236 e. The highest BCUT2D eigenvalue weighted by molar-refractivity contribution is 8.06. The molecular weight excluding hydrogens is 272 g/mol. The van der Waals surface area contributed by atoms with Gasteiger partial charge in [-0.25, -0.2) is 21.6 Å². The molecule has 1 unspecified atom stereocenters. The number of sulfone groups is 1. The van der Waals surface area contributed by atoms with E-state index in [0.717, 1.165) is 10.6 Å². The molecule has 0 N–H and O–H groups in total. The SMILES string of the molecule is CS(=O)(=O)CS(=O)(=O)N1CCOCC1N=C=O. The highest BCUT2D eigenvalue weighted by Gasteiger charge is 2.34. The Morgan fingerprint density at radius 2 is 2.06 bits per heavy atom. The highest BCUT2D eigenvalue weighted by Crippen LogP contribution is 2.14. The largest absolute Gasteiger partial charge is 0.376 e. The molecule has 0 aromatic carbocycles. The third-order valence-electron chi connectivity index (χ3n) is 1.98. The molecule has 0 bridgehead atoms. The van der Waals surface area contributed by atoms with Gasteiger partial charge in [0.15, 0.2) is 21.1 Å². The first-order chi connectivity index (χ1) is 7.76. The number of hydrogen-bond acceptors (Lipinski definition) is 7. The summed E-state index contributed by atoms with van der Waals surface area (Å²) < 4.78 is 51.4. The van der Waals surface area contributed by atoms with Crippen molar-refractivity contribution in [2.75, 3.05) is 31.1 Å². The Bertz CT molecular complexity index is 519. The van der Waals surface area contributed by atoms with E-state index in [0.29, 0.717) is 0 Å². The van der Waals surface area contributed by atoms with Crippen LogP contribution in [-0.4, -0.2) is 64.5 Å². The Kier molecular flexibility index (Phi) is 4.39. The number of rotatable bonds is 4. The van der Waals surface area contributed by atoms with Gasteiger partial charge in [0.25, 0.3) is 0 Å². The average Bonchev–Trinajstić information content (AvgIpc) is 2.15. The van der Waals surface area contributed by atoms with Crippen molar-refractivity contribution in [1.82, 2.24) is 4.31 Å². The smallest absolute Gasteiger partial charge is 0.236 e. The molecule has 8 nitrogen and oxygen atoms in total. The molecule has 0 radical (unpaired) electrons. The number of aliphatic imine (C=N–C) groups is 1. The number of ether oxygens (including phenoxy) is 1. The lowest BCUT2D eigenvalue weighted by Crippen LogP contribution is -2.49. The van der Waals surface area contributed by atoms with Crippen molar-refractivity contribution in [2.24, 2.45) is 4.99 Å². The van der Waals surface area contributed by atoms with Gasteiger partial charge in [-0.2, -0.15) is 9.30 Å². The molecule has 0 aliphatic carbocycles. The van der Waals surface area contributed by atoms with Gasteiger partial charge in [-0.05, 0) is 0 Å². The average molecular weight is 284 g/mol. The van der Waals surface area contributed by atoms with Crippen LogP contribution >= 0.6 is 0 Å². The summed E-state index contributed by atoms with van der Waals surface area (Å²) in [6, 6.07) is 0. The first kappa shape index (κ1) is 14.3. The molecule has 10 heteroatoms. The predicted molar refractivity (Wildman–Crippen MR) is 58.1 cm³/mol. The van der Waals surface area contributed by atoms with Crippen molar-refractivity contribution in [3.63, 3.8) is 0 Å². The van der Waals surface area contributed by atoms with E-state index < -0.39 is 31.1 Å². The molecule has 1 rings (SSSR count). The van der Waals surface area contributed by atoms with Gasteiger partial charge in [0, 0.05) is 12.8 Å². The molecule has 1 saturated heterocycles. The Morgan fingerprint density at radius 1 is 1.41 bits per heavy atom. The maximum absolute atomic E-state index is 11.8. The van der Waals surface area contributed by atoms with E-state index in [-0.39, 0.29) is 19.8 Å². The van der Waals surface area contributed by atoms with Crippen LogP contribution in [0.1, 0.15) is 0 Å². The summed E-state index contributed by atoms with van der Waals surface area (Å²) in [4.78, 5) is 13.4. The lowest BCUT2D eigenvalue weighted by atomic mass is 10.4. The van der Waals surface area contributed by atoms with E-state index in [1.54, 1.807) is 0 Å². The van der Waals surface area contributed by atoms with Gasteiger partial charge in [-0.15, -0.1) is 0 Å². The van der Waals surface area contributed by atoms with Gasteiger partial charge < -0.3 is 4.74 Å². The summed E-state index contributed by atoms with van der Waals surface area (Å²) in [5, 5.41) is -1.01. The van der Waals surface area contributed by atoms with Crippen LogP contribution in [0.4, 0.5) is 0 Å². The fourth-order valence-electron chi connectivity index (χ4n) is 1.40. The summed E-state index contributed by atoms with van der Waals surface area (Å²) in [5.74, 6) is 0. The molecule has 0 aromatic heterocycles. The molecule has 1 heterocycles. The van der Waals surface area contributed by atoms with E-state index >= 15 is 0 Å². The van der Waals surface area contributed by atoms with Crippen molar-refractivity contribution < 1.29 is 26.4 Å². The van der Waals surface area contributed by atoms with Crippen LogP contribution in [0.25, 0.3) is 0 Å². The predicted octanol–water partition coefficient (Wildman–Crippen LogP) is -1.69. The van der Waals surface area contributed by atoms with Gasteiger partial charge in [-0.1, -0.05) is 0 Å². The molecule has 0 aromatic rings. The topological polar surface area (TPSA) is 110 Å². The monoisotopic (exact) mass is 284 g/mol. The van der Waals surface area contributed by atoms with Gasteiger partial charge in [0.2, 0.25) is 16.1 Å². The lowest BCUT2D eigenvalue weighted by molar-refractivity contribution is 0.0361. The second-order valence-electron chi connectivity index (χ2n) is 3.54. The van der Waals surface area contributed by atoms with Crippen LogP contribution < -0.4 is 0 Å². The van der Waals surface area contributed by atoms with Gasteiger partial charge in [0.1, 0.15) is 0 Å². The van der Waals surface area contributed by atoms with E-state index in [9.17, 15) is 21.6 Å². The fourth-order valence-corrected chi connectivity index (χ4v) is 4.94. The summed E-state index contributed by atoms with van der Waals surface area (Å²) in [7, 11) is -7.70. The standard InChI is InChI=1S/C7H12N2O6S2/c1-16(11,12)6-17(13,14)9-2-3-15-4-7(9)8-5-10/h7H,2-4,6H2,1H3. The molecular formula is C7H12N2O6S2. The zero-order chi connectivity index (χ0) is 13.1.